The number of halogens is 1. The maximum Gasteiger partial charge on any atom is 0.325 e. The Bertz CT molecular complexity index is 505. The Hall–Kier alpha value is -1.47. The van der Waals surface area contributed by atoms with Gasteiger partial charge in [0.15, 0.2) is 11.5 Å². The van der Waals surface area contributed by atoms with E-state index in [1.54, 1.807) is 6.07 Å². The second-order valence-corrected chi connectivity index (χ2v) is 4.85. The molecule has 1 aliphatic rings. The Morgan fingerprint density at radius 1 is 1.53 bits per heavy atom. The highest BCUT2D eigenvalue weighted by atomic mass is 79.9. The molecule has 0 fully saturated rings. The van der Waals surface area contributed by atoms with Crippen molar-refractivity contribution in [1.82, 2.24) is 0 Å². The van der Waals surface area contributed by atoms with Crippen molar-refractivity contribution in [3.8, 4) is 17.2 Å². The minimum Gasteiger partial charge on any atom is -0.495 e. The number of fused-ring (bicyclic) bond motifs is 1. The fraction of sp³-hybridized carbons (Fsp3) is 0.417. The molecule has 1 unspecified atom stereocenters. The van der Waals surface area contributed by atoms with Gasteiger partial charge in [0.25, 0.3) is 0 Å². The number of carbonyl (C=O) groups is 1. The molecule has 7 heteroatoms. The minimum atomic E-state index is -1.25. The van der Waals surface area contributed by atoms with Crippen molar-refractivity contribution in [2.75, 3.05) is 20.3 Å². The Kier molecular flexibility index (Phi) is 4.16. The Balaban J connectivity index is 2.65. The maximum atomic E-state index is 11.2. The zero-order valence-corrected chi connectivity index (χ0v) is 11.9. The number of methoxy groups -OCH3 is 1. The highest BCUT2D eigenvalue weighted by molar-refractivity contribution is 9.10. The lowest BCUT2D eigenvalue weighted by molar-refractivity contribution is -0.138. The van der Waals surface area contributed by atoms with Gasteiger partial charge in [-0.1, -0.05) is 0 Å². The monoisotopic (exact) mass is 331 g/mol. The molecule has 1 aromatic carbocycles. The quantitative estimate of drug-likeness (QED) is 0.876. The van der Waals surface area contributed by atoms with Crippen LogP contribution in [0.1, 0.15) is 18.0 Å². The number of nitrogens with two attached hydrogens (primary N) is 1. The second kappa shape index (κ2) is 5.66. The van der Waals surface area contributed by atoms with Crippen LogP contribution in [-0.4, -0.2) is 31.4 Å². The zero-order valence-electron chi connectivity index (χ0n) is 10.3. The zero-order chi connectivity index (χ0) is 14.0. The lowest BCUT2D eigenvalue weighted by Gasteiger charge is -2.19. The van der Waals surface area contributed by atoms with Crippen LogP contribution in [0.2, 0.25) is 0 Å². The first kappa shape index (κ1) is 14.0. The fourth-order valence-electron chi connectivity index (χ4n) is 1.90. The van der Waals surface area contributed by atoms with Crippen LogP contribution in [0, 0.1) is 0 Å². The molecule has 104 valence electrons. The smallest absolute Gasteiger partial charge is 0.325 e. The number of carboxylic acid groups (broad SMARTS) is 1. The Labute approximate surface area is 118 Å². The molecule has 0 bridgehead atoms. The summed E-state index contributed by atoms with van der Waals surface area (Å²) < 4.78 is 16.9. The summed E-state index contributed by atoms with van der Waals surface area (Å²) in [6.07, 6.45) is 0.719. The van der Waals surface area contributed by atoms with Gasteiger partial charge in [0.2, 0.25) is 0 Å². The van der Waals surface area contributed by atoms with Crippen LogP contribution in [0.15, 0.2) is 10.5 Å². The van der Waals surface area contributed by atoms with Gasteiger partial charge in [-0.25, -0.2) is 0 Å². The number of benzene rings is 1. The lowest BCUT2D eigenvalue weighted by Crippen LogP contribution is -2.22. The molecule has 0 saturated heterocycles. The van der Waals surface area contributed by atoms with E-state index in [2.05, 4.69) is 15.9 Å². The maximum absolute atomic E-state index is 11.2. The van der Waals surface area contributed by atoms with E-state index in [-0.39, 0.29) is 5.56 Å². The second-order valence-electron chi connectivity index (χ2n) is 4.00. The summed E-state index contributed by atoms with van der Waals surface area (Å²) in [5.74, 6) is -0.00470. The normalized spacial score (nSPS) is 15.5. The molecule has 1 aliphatic heterocycles. The van der Waals surface area contributed by atoms with Gasteiger partial charge in [-0.3, -0.25) is 4.79 Å². The van der Waals surface area contributed by atoms with Gasteiger partial charge in [-0.15, -0.1) is 0 Å². The molecule has 2 rings (SSSR count). The Morgan fingerprint density at radius 2 is 2.21 bits per heavy atom. The number of hydrogen-bond donors (Lipinski definition) is 2. The molecule has 0 aromatic heterocycles. The van der Waals surface area contributed by atoms with E-state index in [1.807, 2.05) is 0 Å². The third-order valence-corrected chi connectivity index (χ3v) is 3.35. The van der Waals surface area contributed by atoms with Gasteiger partial charge >= 0.3 is 5.97 Å². The van der Waals surface area contributed by atoms with Crippen LogP contribution >= 0.6 is 15.9 Å². The number of ether oxygens (including phenoxy) is 3. The van der Waals surface area contributed by atoms with Gasteiger partial charge in [-0.2, -0.15) is 0 Å². The van der Waals surface area contributed by atoms with Gasteiger partial charge in [0, 0.05) is 12.5 Å². The first-order valence-electron chi connectivity index (χ1n) is 5.70. The topological polar surface area (TPSA) is 91.0 Å². The van der Waals surface area contributed by atoms with Crippen molar-refractivity contribution >= 4 is 21.9 Å². The summed E-state index contributed by atoms with van der Waals surface area (Å²) in [6.45, 7) is 0.949. The van der Waals surface area contributed by atoms with E-state index in [9.17, 15) is 4.79 Å². The molecule has 3 N–H and O–H groups in total. The van der Waals surface area contributed by atoms with E-state index < -0.39 is 12.0 Å². The third kappa shape index (κ3) is 2.62. The molecule has 1 heterocycles. The predicted molar refractivity (Wildman–Crippen MR) is 70.9 cm³/mol. The third-order valence-electron chi connectivity index (χ3n) is 2.76. The van der Waals surface area contributed by atoms with Crippen LogP contribution in [0.25, 0.3) is 0 Å². The minimum absolute atomic E-state index is 0.279. The van der Waals surface area contributed by atoms with Crippen molar-refractivity contribution in [2.45, 2.75) is 12.5 Å². The highest BCUT2D eigenvalue weighted by Crippen LogP contribution is 2.46. The van der Waals surface area contributed by atoms with Crippen molar-refractivity contribution < 1.29 is 24.1 Å². The van der Waals surface area contributed by atoms with Gasteiger partial charge in [0.1, 0.15) is 11.8 Å². The number of carboxylic acids is 1. The fourth-order valence-corrected chi connectivity index (χ4v) is 2.48. The summed E-state index contributed by atoms with van der Waals surface area (Å²) in [7, 11) is 1.45. The standard InChI is InChI=1S/C12H14BrNO5/c1-17-10-6(13)5-7-11(19-4-2-3-18-7)8(10)9(14)12(15)16/h5,9H,2-4,14H2,1H3,(H,15,16). The lowest BCUT2D eigenvalue weighted by atomic mass is 10.0. The molecule has 0 radical (unpaired) electrons. The molecule has 6 nitrogen and oxygen atoms in total. The summed E-state index contributed by atoms with van der Waals surface area (Å²) in [5, 5.41) is 9.13. The van der Waals surface area contributed by atoms with E-state index in [1.165, 1.54) is 7.11 Å². The Morgan fingerprint density at radius 3 is 2.84 bits per heavy atom. The van der Waals surface area contributed by atoms with E-state index >= 15 is 0 Å². The molecular weight excluding hydrogens is 318 g/mol. The molecule has 19 heavy (non-hydrogen) atoms. The SMILES string of the molecule is COc1c(Br)cc2c(c1C(N)C(=O)O)OCCCO2. The number of aliphatic carboxylic acids is 1. The molecule has 0 amide bonds. The summed E-state index contributed by atoms with van der Waals surface area (Å²) in [5.41, 5.74) is 6.00. The highest BCUT2D eigenvalue weighted by Gasteiger charge is 2.29. The molecule has 0 spiro atoms. The molecular formula is C12H14BrNO5. The average molecular weight is 332 g/mol. The van der Waals surface area contributed by atoms with Crippen LogP contribution in [0.5, 0.6) is 17.2 Å². The van der Waals surface area contributed by atoms with Gasteiger partial charge in [-0.05, 0) is 15.9 Å². The largest absolute Gasteiger partial charge is 0.495 e. The van der Waals surface area contributed by atoms with E-state index in [0.29, 0.717) is 34.9 Å². The summed E-state index contributed by atoms with van der Waals surface area (Å²) >= 11 is 3.32. The van der Waals surface area contributed by atoms with Crippen LogP contribution < -0.4 is 19.9 Å². The van der Waals surface area contributed by atoms with Crippen molar-refractivity contribution in [3.63, 3.8) is 0 Å². The van der Waals surface area contributed by atoms with Crippen LogP contribution in [-0.2, 0) is 4.79 Å². The average Bonchev–Trinajstić information content (AvgIpc) is 2.61. The molecule has 0 aliphatic carbocycles. The van der Waals surface area contributed by atoms with Crippen molar-refractivity contribution in [3.05, 3.63) is 16.1 Å². The first-order valence-corrected chi connectivity index (χ1v) is 6.50. The molecule has 1 aromatic rings. The summed E-state index contributed by atoms with van der Waals surface area (Å²) in [4.78, 5) is 11.2. The first-order chi connectivity index (χ1) is 9.06. The van der Waals surface area contributed by atoms with Crippen LogP contribution in [0.4, 0.5) is 0 Å². The molecule has 1 atom stereocenters. The molecule has 0 saturated carbocycles. The van der Waals surface area contributed by atoms with Crippen molar-refractivity contribution in [2.24, 2.45) is 5.73 Å². The van der Waals surface area contributed by atoms with E-state index in [4.69, 9.17) is 25.1 Å². The van der Waals surface area contributed by atoms with Crippen LogP contribution in [0.3, 0.4) is 0 Å². The van der Waals surface area contributed by atoms with Crippen molar-refractivity contribution in [1.29, 1.82) is 0 Å². The predicted octanol–water partition coefficient (Wildman–Crippen LogP) is 1.70. The van der Waals surface area contributed by atoms with Gasteiger partial charge < -0.3 is 25.1 Å². The van der Waals surface area contributed by atoms with E-state index in [0.717, 1.165) is 6.42 Å². The number of rotatable bonds is 3. The summed E-state index contributed by atoms with van der Waals surface area (Å²) in [6, 6.07) is 0.445. The number of hydrogen-bond acceptors (Lipinski definition) is 5. The van der Waals surface area contributed by atoms with Gasteiger partial charge in [0.05, 0.1) is 30.4 Å².